The van der Waals surface area contributed by atoms with E-state index in [0.717, 1.165) is 0 Å². The lowest BCUT2D eigenvalue weighted by atomic mass is 9.80. The smallest absolute Gasteiger partial charge is 0.178 e. The summed E-state index contributed by atoms with van der Waals surface area (Å²) in [6.07, 6.45) is 2.57. The molecule has 1 aliphatic carbocycles. The van der Waals surface area contributed by atoms with Crippen molar-refractivity contribution in [2.45, 2.75) is 26.4 Å². The number of allylic oxidation sites excluding steroid dienone is 2. The summed E-state index contributed by atoms with van der Waals surface area (Å²) in [4.78, 5) is 22.2. The molecule has 3 nitrogen and oxygen atoms in total. The predicted octanol–water partition coefficient (Wildman–Crippen LogP) is 0.782. The van der Waals surface area contributed by atoms with Crippen molar-refractivity contribution < 1.29 is 14.7 Å². The molecule has 1 aliphatic rings. The van der Waals surface area contributed by atoms with Crippen LogP contribution in [0.3, 0.4) is 0 Å². The Kier molecular flexibility index (Phi) is 2.22. The van der Waals surface area contributed by atoms with Gasteiger partial charge in [0.05, 0.1) is 0 Å². The summed E-state index contributed by atoms with van der Waals surface area (Å²) in [5.41, 5.74) is -0.775. The predicted molar refractivity (Wildman–Crippen MR) is 48.2 cm³/mol. The Bertz CT molecular complexity index is 312. The summed E-state index contributed by atoms with van der Waals surface area (Å²) < 4.78 is 0. The highest BCUT2D eigenvalue weighted by Crippen LogP contribution is 2.29. The number of hydrogen-bond acceptors (Lipinski definition) is 3. The fourth-order valence-electron chi connectivity index (χ4n) is 1.54. The van der Waals surface area contributed by atoms with Crippen molar-refractivity contribution in [3.05, 3.63) is 23.3 Å². The van der Waals surface area contributed by atoms with E-state index in [4.69, 9.17) is 0 Å². The summed E-state index contributed by atoms with van der Waals surface area (Å²) in [6.45, 7) is 4.47. The SMILES string of the molecule is CC(=O)C1(O)C(C)=CC(=O)C=C1C. The third-order valence-corrected chi connectivity index (χ3v) is 2.37. The molecule has 0 saturated carbocycles. The van der Waals surface area contributed by atoms with Crippen LogP contribution >= 0.6 is 0 Å². The minimum Gasteiger partial charge on any atom is -0.374 e. The summed E-state index contributed by atoms with van der Waals surface area (Å²) in [7, 11) is 0. The maximum atomic E-state index is 11.2. The molecule has 0 spiro atoms. The molecule has 0 amide bonds. The maximum absolute atomic E-state index is 11.2. The summed E-state index contributed by atoms with van der Waals surface area (Å²) in [6, 6.07) is 0. The van der Waals surface area contributed by atoms with Crippen LogP contribution in [0.4, 0.5) is 0 Å². The Hall–Kier alpha value is -1.22. The summed E-state index contributed by atoms with van der Waals surface area (Å²) in [5.74, 6) is -0.538. The van der Waals surface area contributed by atoms with E-state index >= 15 is 0 Å². The fourth-order valence-corrected chi connectivity index (χ4v) is 1.54. The second-order valence-corrected chi connectivity index (χ2v) is 3.32. The number of Topliss-reactive ketones (excluding diaryl/α,β-unsaturated/α-hetero) is 1. The van der Waals surface area contributed by atoms with Gasteiger partial charge in [0.25, 0.3) is 0 Å². The minimum absolute atomic E-state index is 0.180. The van der Waals surface area contributed by atoms with E-state index in [1.807, 2.05) is 0 Å². The van der Waals surface area contributed by atoms with Crippen LogP contribution in [-0.4, -0.2) is 22.3 Å². The first-order chi connectivity index (χ1) is 5.89. The molecule has 1 rings (SSSR count). The van der Waals surface area contributed by atoms with Crippen LogP contribution in [0.15, 0.2) is 23.3 Å². The lowest BCUT2D eigenvalue weighted by molar-refractivity contribution is -0.128. The molecule has 0 aromatic carbocycles. The van der Waals surface area contributed by atoms with Gasteiger partial charge in [0.1, 0.15) is 0 Å². The van der Waals surface area contributed by atoms with Crippen LogP contribution in [-0.2, 0) is 9.59 Å². The Morgan fingerprint density at radius 3 is 2.00 bits per heavy atom. The van der Waals surface area contributed by atoms with Gasteiger partial charge in [-0.05, 0) is 44.1 Å². The highest BCUT2D eigenvalue weighted by Gasteiger charge is 2.38. The van der Waals surface area contributed by atoms with Gasteiger partial charge in [-0.1, -0.05) is 0 Å². The van der Waals surface area contributed by atoms with Crippen LogP contribution in [0, 0.1) is 0 Å². The molecule has 0 bridgehead atoms. The van der Waals surface area contributed by atoms with E-state index in [0.29, 0.717) is 11.1 Å². The average Bonchev–Trinajstić information content (AvgIpc) is 1.99. The number of hydrogen-bond donors (Lipinski definition) is 1. The molecule has 0 aromatic heterocycles. The second-order valence-electron chi connectivity index (χ2n) is 3.32. The Morgan fingerprint density at radius 1 is 1.31 bits per heavy atom. The van der Waals surface area contributed by atoms with Crippen molar-refractivity contribution in [3.63, 3.8) is 0 Å². The summed E-state index contributed by atoms with van der Waals surface area (Å²) in [5, 5.41) is 9.96. The van der Waals surface area contributed by atoms with Crippen LogP contribution in [0.2, 0.25) is 0 Å². The van der Waals surface area contributed by atoms with Gasteiger partial charge in [0, 0.05) is 0 Å². The number of rotatable bonds is 1. The summed E-state index contributed by atoms with van der Waals surface area (Å²) >= 11 is 0. The van der Waals surface area contributed by atoms with Gasteiger partial charge in [0.2, 0.25) is 0 Å². The molecule has 0 fully saturated rings. The largest absolute Gasteiger partial charge is 0.374 e. The van der Waals surface area contributed by atoms with Crippen molar-refractivity contribution in [1.82, 2.24) is 0 Å². The topological polar surface area (TPSA) is 54.4 Å². The van der Waals surface area contributed by atoms with Gasteiger partial charge >= 0.3 is 0 Å². The monoisotopic (exact) mass is 180 g/mol. The van der Waals surface area contributed by atoms with Crippen molar-refractivity contribution in [2.24, 2.45) is 0 Å². The molecule has 70 valence electrons. The first-order valence-corrected chi connectivity index (χ1v) is 4.04. The Balaban J connectivity index is 3.26. The lowest BCUT2D eigenvalue weighted by Gasteiger charge is -2.29. The molecule has 1 N–H and O–H groups in total. The molecule has 0 heterocycles. The van der Waals surface area contributed by atoms with Crippen molar-refractivity contribution in [2.75, 3.05) is 0 Å². The fraction of sp³-hybridized carbons (Fsp3) is 0.400. The third-order valence-electron chi connectivity index (χ3n) is 2.37. The average molecular weight is 180 g/mol. The van der Waals surface area contributed by atoms with E-state index in [-0.39, 0.29) is 11.6 Å². The van der Waals surface area contributed by atoms with E-state index in [2.05, 4.69) is 0 Å². The molecule has 0 unspecified atom stereocenters. The zero-order chi connectivity index (χ0) is 10.2. The van der Waals surface area contributed by atoms with Crippen molar-refractivity contribution in [1.29, 1.82) is 0 Å². The number of carbonyl (C=O) groups excluding carboxylic acids is 2. The van der Waals surface area contributed by atoms with Crippen molar-refractivity contribution in [3.8, 4) is 0 Å². The highest BCUT2D eigenvalue weighted by molar-refractivity contribution is 6.06. The van der Waals surface area contributed by atoms with E-state index < -0.39 is 5.60 Å². The van der Waals surface area contributed by atoms with Gasteiger partial charge in [-0.25, -0.2) is 0 Å². The van der Waals surface area contributed by atoms with E-state index in [9.17, 15) is 14.7 Å². The van der Waals surface area contributed by atoms with Crippen LogP contribution in [0.25, 0.3) is 0 Å². The number of carbonyl (C=O) groups is 2. The normalized spacial score (nSPS) is 20.8. The minimum atomic E-state index is -1.56. The second kappa shape index (κ2) is 2.92. The van der Waals surface area contributed by atoms with Gasteiger partial charge in [-0.3, -0.25) is 9.59 Å². The molecule has 13 heavy (non-hydrogen) atoms. The molecule has 0 saturated heterocycles. The van der Waals surface area contributed by atoms with Crippen LogP contribution in [0.1, 0.15) is 20.8 Å². The highest BCUT2D eigenvalue weighted by atomic mass is 16.3. The molecule has 0 aliphatic heterocycles. The van der Waals surface area contributed by atoms with Gasteiger partial charge in [-0.15, -0.1) is 0 Å². The quantitative estimate of drug-likeness (QED) is 0.648. The lowest BCUT2D eigenvalue weighted by Crippen LogP contribution is -2.41. The molecule has 0 atom stereocenters. The maximum Gasteiger partial charge on any atom is 0.178 e. The Labute approximate surface area is 76.8 Å². The molecule has 0 radical (unpaired) electrons. The molecular weight excluding hydrogens is 168 g/mol. The van der Waals surface area contributed by atoms with E-state index in [1.165, 1.54) is 19.1 Å². The molecule has 0 aromatic rings. The third kappa shape index (κ3) is 1.35. The van der Waals surface area contributed by atoms with Crippen LogP contribution < -0.4 is 0 Å². The molecule has 3 heteroatoms. The number of ketones is 2. The zero-order valence-electron chi connectivity index (χ0n) is 7.92. The first kappa shape index (κ1) is 9.86. The van der Waals surface area contributed by atoms with Gasteiger partial charge in [0.15, 0.2) is 17.2 Å². The standard InChI is InChI=1S/C10H12O3/c1-6-4-9(12)5-7(2)10(6,13)8(3)11/h4-5,13H,1-3H3. The van der Waals surface area contributed by atoms with Gasteiger partial charge in [-0.2, -0.15) is 0 Å². The first-order valence-electron chi connectivity index (χ1n) is 4.04. The van der Waals surface area contributed by atoms with E-state index in [1.54, 1.807) is 13.8 Å². The number of aliphatic hydroxyl groups is 1. The van der Waals surface area contributed by atoms with Crippen molar-refractivity contribution >= 4 is 11.6 Å². The zero-order valence-corrected chi connectivity index (χ0v) is 7.92. The van der Waals surface area contributed by atoms with Gasteiger partial charge < -0.3 is 5.11 Å². The Morgan fingerprint density at radius 2 is 1.69 bits per heavy atom. The molecular formula is C10H12O3. The van der Waals surface area contributed by atoms with Crippen LogP contribution in [0.5, 0.6) is 0 Å².